The van der Waals surface area contributed by atoms with E-state index < -0.39 is 38.8 Å². The Morgan fingerprint density at radius 1 is 0.791 bits per heavy atom. The van der Waals surface area contributed by atoms with Gasteiger partial charge in [0.2, 0.25) is 5.88 Å². The Morgan fingerprint density at radius 2 is 1.23 bits per heavy atom. The second-order valence-electron chi connectivity index (χ2n) is 12.8. The monoisotopic (exact) mass is 632 g/mol. The predicted octanol–water partition coefficient (Wildman–Crippen LogP) is 7.58. The van der Waals surface area contributed by atoms with Gasteiger partial charge in [0.1, 0.15) is 11.2 Å². The van der Waals surface area contributed by atoms with E-state index in [4.69, 9.17) is 9.47 Å². The Hall–Kier alpha value is -3.22. The number of alkyl halides is 3. The molecule has 9 nitrogen and oxygen atoms in total. The molecule has 1 aromatic carbocycles. The molecule has 2 amide bonds. The number of ether oxygens (including phenoxy) is 2. The molecule has 13 heteroatoms. The number of carbonyl (C=O) groups excluding carboxylic acids is 2. The van der Waals surface area contributed by atoms with E-state index in [0.29, 0.717) is 12.5 Å². The summed E-state index contributed by atoms with van der Waals surface area (Å²) in [7, 11) is -5.84. The van der Waals surface area contributed by atoms with Gasteiger partial charge in [-0.05, 0) is 84.8 Å². The van der Waals surface area contributed by atoms with E-state index in [1.165, 1.54) is 5.56 Å². The van der Waals surface area contributed by atoms with Gasteiger partial charge in [-0.1, -0.05) is 49.8 Å². The summed E-state index contributed by atoms with van der Waals surface area (Å²) in [6, 6.07) is 8.27. The van der Waals surface area contributed by atoms with E-state index in [1.807, 2.05) is 20.8 Å². The maximum atomic E-state index is 12.5. The molecule has 3 rings (SSSR count). The van der Waals surface area contributed by atoms with Crippen LogP contribution in [0.25, 0.3) is 5.70 Å². The summed E-state index contributed by atoms with van der Waals surface area (Å²) in [5.74, 6) is -0.315. The van der Waals surface area contributed by atoms with Crippen molar-refractivity contribution in [2.75, 3.05) is 13.1 Å². The van der Waals surface area contributed by atoms with Gasteiger partial charge in [0, 0.05) is 13.1 Å². The first-order chi connectivity index (χ1) is 19.5. The molecule has 0 N–H and O–H groups in total. The Morgan fingerprint density at radius 3 is 1.70 bits per heavy atom. The zero-order valence-electron chi connectivity index (χ0n) is 26.2. The molecule has 0 aromatic heterocycles. The predicted molar refractivity (Wildman–Crippen MR) is 157 cm³/mol. The summed E-state index contributed by atoms with van der Waals surface area (Å²) in [5, 5.41) is 0. The molecule has 0 aliphatic carbocycles. The average molecular weight is 633 g/mol. The lowest BCUT2D eigenvalue weighted by Gasteiger charge is -2.34. The van der Waals surface area contributed by atoms with Crippen molar-refractivity contribution in [3.05, 3.63) is 53.4 Å². The van der Waals surface area contributed by atoms with Gasteiger partial charge in [0.15, 0.2) is 0 Å². The van der Waals surface area contributed by atoms with Crippen LogP contribution in [0.15, 0.2) is 42.3 Å². The van der Waals surface area contributed by atoms with Crippen LogP contribution in [0.1, 0.15) is 79.4 Å². The van der Waals surface area contributed by atoms with Crippen LogP contribution in [0.5, 0.6) is 0 Å². The lowest BCUT2D eigenvalue weighted by molar-refractivity contribution is -0.0546. The van der Waals surface area contributed by atoms with Crippen LogP contribution in [-0.4, -0.2) is 60.2 Å². The first-order valence-electron chi connectivity index (χ1n) is 14.0. The van der Waals surface area contributed by atoms with Crippen molar-refractivity contribution in [3.8, 4) is 0 Å². The van der Waals surface area contributed by atoms with Gasteiger partial charge in [-0.15, -0.1) is 0 Å². The van der Waals surface area contributed by atoms with Crippen molar-refractivity contribution in [1.82, 2.24) is 9.80 Å². The quantitative estimate of drug-likeness (QED) is 0.250. The topological polar surface area (TPSA) is 102 Å². The summed E-state index contributed by atoms with van der Waals surface area (Å²) < 4.78 is 74.0. The molecule has 2 atom stereocenters. The van der Waals surface area contributed by atoms with Crippen LogP contribution in [0, 0.1) is 18.8 Å². The van der Waals surface area contributed by atoms with Crippen molar-refractivity contribution < 1.29 is 44.8 Å². The fraction of sp³-hybridized carbons (Fsp3) is 0.600. The summed E-state index contributed by atoms with van der Waals surface area (Å²) >= 11 is 0. The molecule has 43 heavy (non-hydrogen) atoms. The highest BCUT2D eigenvalue weighted by Crippen LogP contribution is 2.31. The lowest BCUT2D eigenvalue weighted by atomic mass is 9.98. The zero-order valence-corrected chi connectivity index (χ0v) is 27.1. The third-order valence-electron chi connectivity index (χ3n) is 6.01. The summed E-state index contributed by atoms with van der Waals surface area (Å²) in [6.07, 6.45) is 3.30. The number of carbonyl (C=O) groups is 2. The number of allylic oxidation sites excluding steroid dienone is 2. The molecule has 242 valence electrons. The van der Waals surface area contributed by atoms with Crippen LogP contribution in [0.3, 0.4) is 0 Å². The highest BCUT2D eigenvalue weighted by molar-refractivity contribution is 7.87. The van der Waals surface area contributed by atoms with Gasteiger partial charge >= 0.3 is 27.8 Å². The normalized spacial score (nSPS) is 19.8. The summed E-state index contributed by atoms with van der Waals surface area (Å²) in [5.41, 5.74) is -3.69. The number of rotatable bonds is 3. The SMILES string of the molecule is C[C@H]1CC=C(OS(=O)(=O)C(F)(F)F)N(C(=O)OC(C)(C)C)C1.Cc1ccc(C2=CC[C@H](C)CN2C(=O)OC(C)(C)C)cc1. The van der Waals surface area contributed by atoms with Gasteiger partial charge in [0.05, 0.1) is 5.70 Å². The van der Waals surface area contributed by atoms with Crippen LogP contribution in [0.4, 0.5) is 22.8 Å². The van der Waals surface area contributed by atoms with Crippen molar-refractivity contribution >= 4 is 28.0 Å². The molecule has 0 spiro atoms. The van der Waals surface area contributed by atoms with Crippen LogP contribution in [-0.2, 0) is 23.8 Å². The molecule has 0 radical (unpaired) electrons. The lowest BCUT2D eigenvalue weighted by Crippen LogP contribution is -2.42. The van der Waals surface area contributed by atoms with Crippen molar-refractivity contribution in [2.24, 2.45) is 11.8 Å². The second kappa shape index (κ2) is 13.6. The number of aryl methyl sites for hydroxylation is 1. The van der Waals surface area contributed by atoms with Crippen LogP contribution in [0.2, 0.25) is 0 Å². The fourth-order valence-corrected chi connectivity index (χ4v) is 4.48. The number of nitrogens with zero attached hydrogens (tertiary/aromatic N) is 2. The van der Waals surface area contributed by atoms with Crippen LogP contribution >= 0.6 is 0 Å². The molecule has 0 saturated heterocycles. The zero-order chi connectivity index (χ0) is 33.0. The molecule has 1 aromatic rings. The minimum absolute atomic E-state index is 0.00583. The maximum absolute atomic E-state index is 12.5. The number of amides is 2. The number of hydrogen-bond acceptors (Lipinski definition) is 7. The standard InChI is InChI=1S/C18H25NO2.C12H18F3NO5S/c1-13-6-9-15(10-7-13)16-11-8-14(2)12-19(16)17(20)21-18(3,4)5;1-8-5-6-9(21-22(18,19)12(13,14)15)16(7-8)10(17)20-11(2,3)4/h6-7,9-11,14H,8,12H2,1-5H3;6,8H,5,7H2,1-4H3/t14-;8-/m00/s1. The average Bonchev–Trinajstić information content (AvgIpc) is 2.83. The molecule has 0 unspecified atom stereocenters. The van der Waals surface area contributed by atoms with Crippen molar-refractivity contribution in [2.45, 2.75) is 91.9 Å². The number of halogens is 3. The van der Waals surface area contributed by atoms with Crippen molar-refractivity contribution in [1.29, 1.82) is 0 Å². The highest BCUT2D eigenvalue weighted by Gasteiger charge is 2.50. The fourth-order valence-electron chi connectivity index (χ4n) is 4.00. The smallest absolute Gasteiger partial charge is 0.443 e. The Bertz CT molecular complexity index is 1310. The maximum Gasteiger partial charge on any atom is 0.534 e. The van der Waals surface area contributed by atoms with Gasteiger partial charge in [0.25, 0.3) is 0 Å². The molecule has 0 fully saturated rings. The molecule has 2 aliphatic heterocycles. The Balaban J connectivity index is 0.000000300. The van der Waals surface area contributed by atoms with E-state index in [0.717, 1.165) is 28.7 Å². The van der Waals surface area contributed by atoms with Gasteiger partial charge < -0.3 is 13.7 Å². The molecule has 0 saturated carbocycles. The second-order valence-corrected chi connectivity index (χ2v) is 14.4. The molecule has 0 bridgehead atoms. The third-order valence-corrected chi connectivity index (χ3v) is 6.96. The highest BCUT2D eigenvalue weighted by atomic mass is 32.2. The number of hydrogen-bond donors (Lipinski definition) is 0. The van der Waals surface area contributed by atoms with E-state index in [2.05, 4.69) is 48.4 Å². The molecule has 2 aliphatic rings. The summed E-state index contributed by atoms with van der Waals surface area (Å²) in [4.78, 5) is 27.0. The van der Waals surface area contributed by atoms with E-state index >= 15 is 0 Å². The van der Waals surface area contributed by atoms with Gasteiger partial charge in [-0.25, -0.2) is 14.5 Å². The van der Waals surface area contributed by atoms with Gasteiger partial charge in [-0.2, -0.15) is 21.6 Å². The van der Waals surface area contributed by atoms with Gasteiger partial charge in [-0.3, -0.25) is 4.90 Å². The Kier molecular flexibility index (Phi) is 11.4. The van der Waals surface area contributed by atoms with E-state index in [1.54, 1.807) is 32.6 Å². The van der Waals surface area contributed by atoms with E-state index in [9.17, 15) is 31.2 Å². The molecule has 2 heterocycles. The third kappa shape index (κ3) is 11.1. The molecular weight excluding hydrogens is 589 g/mol. The summed E-state index contributed by atoms with van der Waals surface area (Å²) in [6.45, 7) is 17.1. The van der Waals surface area contributed by atoms with Crippen LogP contribution < -0.4 is 0 Å². The van der Waals surface area contributed by atoms with E-state index in [-0.39, 0.29) is 25.0 Å². The minimum atomic E-state index is -5.84. The minimum Gasteiger partial charge on any atom is -0.443 e. The first kappa shape index (κ1) is 36.0. The Labute approximate surface area is 252 Å². The first-order valence-corrected chi connectivity index (χ1v) is 15.4. The largest absolute Gasteiger partial charge is 0.534 e. The molecular formula is C30H43F3N2O7S. The number of benzene rings is 1. The van der Waals surface area contributed by atoms with Crippen molar-refractivity contribution in [3.63, 3.8) is 0 Å².